The summed E-state index contributed by atoms with van der Waals surface area (Å²) in [6.45, 7) is 1.83. The Morgan fingerprint density at radius 2 is 1.64 bits per heavy atom. The number of nitrogens with zero attached hydrogens (tertiary/aromatic N) is 2. The Hall–Kier alpha value is -2.33. The van der Waals surface area contributed by atoms with Gasteiger partial charge in [0.15, 0.2) is 0 Å². The molecule has 0 bridgehead atoms. The summed E-state index contributed by atoms with van der Waals surface area (Å²) >= 11 is 5.89. The minimum Gasteiger partial charge on any atom is -0.296 e. The van der Waals surface area contributed by atoms with E-state index in [0.717, 1.165) is 5.56 Å². The van der Waals surface area contributed by atoms with E-state index in [1.807, 2.05) is 25.1 Å². The highest BCUT2D eigenvalue weighted by Crippen LogP contribution is 2.18. The summed E-state index contributed by atoms with van der Waals surface area (Å²) in [5.74, 6) is 0. The van der Waals surface area contributed by atoms with Crippen molar-refractivity contribution in [2.24, 2.45) is 7.05 Å². The highest BCUT2D eigenvalue weighted by Gasteiger charge is 2.16. The number of para-hydroxylation sites is 1. The molecule has 22 heavy (non-hydrogen) atoms. The first-order valence-electron chi connectivity index (χ1n) is 6.96. The van der Waals surface area contributed by atoms with Crippen molar-refractivity contribution in [3.63, 3.8) is 0 Å². The molecule has 0 unspecified atom stereocenters. The van der Waals surface area contributed by atoms with Gasteiger partial charge in [-0.3, -0.25) is 13.9 Å². The van der Waals surface area contributed by atoms with Crippen molar-refractivity contribution >= 4 is 22.5 Å². The first-order valence-corrected chi connectivity index (χ1v) is 7.34. The van der Waals surface area contributed by atoms with Crippen LogP contribution in [-0.2, 0) is 7.05 Å². The lowest BCUT2D eigenvalue weighted by Crippen LogP contribution is -2.41. The Morgan fingerprint density at radius 3 is 2.32 bits per heavy atom. The molecule has 3 aromatic rings. The van der Waals surface area contributed by atoms with Gasteiger partial charge in [0.1, 0.15) is 0 Å². The summed E-state index contributed by atoms with van der Waals surface area (Å²) in [6, 6.07) is 13.9. The van der Waals surface area contributed by atoms with Crippen LogP contribution in [-0.4, -0.2) is 9.13 Å². The normalized spacial score (nSPS) is 12.5. The molecule has 4 nitrogen and oxygen atoms in total. The zero-order chi connectivity index (χ0) is 15.9. The number of aromatic nitrogens is 2. The van der Waals surface area contributed by atoms with E-state index in [2.05, 4.69) is 0 Å². The number of hydrogen-bond donors (Lipinski definition) is 0. The molecule has 0 N–H and O–H groups in total. The number of halogens is 1. The highest BCUT2D eigenvalue weighted by atomic mass is 35.5. The quantitative estimate of drug-likeness (QED) is 0.730. The second-order valence-corrected chi connectivity index (χ2v) is 5.70. The molecule has 0 aliphatic rings. The Bertz CT molecular complexity index is 955. The summed E-state index contributed by atoms with van der Waals surface area (Å²) in [4.78, 5) is 25.3. The van der Waals surface area contributed by atoms with Gasteiger partial charge in [0.2, 0.25) is 0 Å². The topological polar surface area (TPSA) is 44.0 Å². The first-order chi connectivity index (χ1) is 10.5. The molecular formula is C17H15ClN2O2. The van der Waals surface area contributed by atoms with Crippen LogP contribution < -0.4 is 11.2 Å². The summed E-state index contributed by atoms with van der Waals surface area (Å²) in [6.07, 6.45) is 0. The molecule has 3 rings (SSSR count). The number of benzene rings is 2. The summed E-state index contributed by atoms with van der Waals surface area (Å²) in [7, 11) is 1.68. The monoisotopic (exact) mass is 314 g/mol. The van der Waals surface area contributed by atoms with Crippen LogP contribution >= 0.6 is 11.6 Å². The minimum absolute atomic E-state index is 0.277. The molecule has 112 valence electrons. The van der Waals surface area contributed by atoms with Gasteiger partial charge in [0.05, 0.1) is 16.9 Å². The van der Waals surface area contributed by atoms with Crippen molar-refractivity contribution in [1.29, 1.82) is 0 Å². The van der Waals surface area contributed by atoms with Gasteiger partial charge in [-0.1, -0.05) is 35.9 Å². The largest absolute Gasteiger partial charge is 0.331 e. The lowest BCUT2D eigenvalue weighted by Gasteiger charge is -2.17. The lowest BCUT2D eigenvalue weighted by molar-refractivity contribution is 0.561. The van der Waals surface area contributed by atoms with E-state index in [9.17, 15) is 9.59 Å². The van der Waals surface area contributed by atoms with Crippen molar-refractivity contribution in [2.75, 3.05) is 0 Å². The average Bonchev–Trinajstić information content (AvgIpc) is 2.53. The van der Waals surface area contributed by atoms with Gasteiger partial charge in [0.25, 0.3) is 5.56 Å². The SMILES string of the molecule is C[C@H](c1ccc(Cl)cc1)n1c(=O)c2ccccc2n(C)c1=O. The van der Waals surface area contributed by atoms with Crippen molar-refractivity contribution in [1.82, 2.24) is 9.13 Å². The van der Waals surface area contributed by atoms with Crippen molar-refractivity contribution in [3.8, 4) is 0 Å². The molecule has 0 saturated heterocycles. The van der Waals surface area contributed by atoms with Crippen LogP contribution in [0.15, 0.2) is 58.1 Å². The van der Waals surface area contributed by atoms with Crippen molar-refractivity contribution in [3.05, 3.63) is 80.0 Å². The van der Waals surface area contributed by atoms with Crippen LogP contribution in [0.2, 0.25) is 5.02 Å². The molecular weight excluding hydrogens is 300 g/mol. The molecule has 0 fully saturated rings. The zero-order valence-corrected chi connectivity index (χ0v) is 13.0. The second kappa shape index (κ2) is 5.46. The Labute approximate surface area is 132 Å². The molecule has 0 spiro atoms. The van der Waals surface area contributed by atoms with Crippen LogP contribution in [0.25, 0.3) is 10.9 Å². The summed E-state index contributed by atoms with van der Waals surface area (Å²) in [5.41, 5.74) is 0.892. The molecule has 0 aliphatic carbocycles. The van der Waals surface area contributed by atoms with E-state index in [-0.39, 0.29) is 17.3 Å². The van der Waals surface area contributed by atoms with Gasteiger partial charge in [0, 0.05) is 12.1 Å². The molecule has 0 aliphatic heterocycles. The van der Waals surface area contributed by atoms with Gasteiger partial charge >= 0.3 is 5.69 Å². The third-order valence-corrected chi connectivity index (χ3v) is 4.20. The molecule has 0 amide bonds. The molecule has 1 aromatic heterocycles. The number of fused-ring (bicyclic) bond motifs is 1. The zero-order valence-electron chi connectivity index (χ0n) is 12.3. The fourth-order valence-corrected chi connectivity index (χ4v) is 2.79. The van der Waals surface area contributed by atoms with Gasteiger partial charge in [-0.05, 0) is 36.8 Å². The molecule has 0 radical (unpaired) electrons. The van der Waals surface area contributed by atoms with Crippen LogP contribution in [0.5, 0.6) is 0 Å². The fourth-order valence-electron chi connectivity index (χ4n) is 2.66. The predicted molar refractivity (Wildman–Crippen MR) is 88.7 cm³/mol. The lowest BCUT2D eigenvalue weighted by atomic mass is 10.1. The van der Waals surface area contributed by atoms with E-state index < -0.39 is 0 Å². The van der Waals surface area contributed by atoms with E-state index >= 15 is 0 Å². The fraction of sp³-hybridized carbons (Fsp3) is 0.176. The van der Waals surface area contributed by atoms with Gasteiger partial charge in [-0.15, -0.1) is 0 Å². The second-order valence-electron chi connectivity index (χ2n) is 5.26. The molecule has 1 atom stereocenters. The number of hydrogen-bond acceptors (Lipinski definition) is 2. The Kier molecular flexibility index (Phi) is 3.62. The van der Waals surface area contributed by atoms with Crippen molar-refractivity contribution in [2.45, 2.75) is 13.0 Å². The number of rotatable bonds is 2. The highest BCUT2D eigenvalue weighted by molar-refractivity contribution is 6.30. The van der Waals surface area contributed by atoms with Crippen LogP contribution in [0.4, 0.5) is 0 Å². The van der Waals surface area contributed by atoms with Crippen molar-refractivity contribution < 1.29 is 0 Å². The van der Waals surface area contributed by atoms with E-state index in [0.29, 0.717) is 15.9 Å². The van der Waals surface area contributed by atoms with E-state index in [4.69, 9.17) is 11.6 Å². The maximum Gasteiger partial charge on any atom is 0.331 e. The van der Waals surface area contributed by atoms with E-state index in [1.165, 1.54) is 9.13 Å². The standard InChI is InChI=1S/C17H15ClN2O2/c1-11(12-7-9-13(18)10-8-12)20-16(21)14-5-3-4-6-15(14)19(2)17(20)22/h3-11H,1-2H3/t11-/m1/s1. The van der Waals surface area contributed by atoms with Crippen LogP contribution in [0.1, 0.15) is 18.5 Å². The van der Waals surface area contributed by atoms with Crippen LogP contribution in [0.3, 0.4) is 0 Å². The summed E-state index contributed by atoms with van der Waals surface area (Å²) in [5, 5.41) is 1.15. The molecule has 0 saturated carbocycles. The minimum atomic E-state index is -0.368. The average molecular weight is 315 g/mol. The molecule has 1 heterocycles. The first kappa shape index (κ1) is 14.6. The summed E-state index contributed by atoms with van der Waals surface area (Å²) < 4.78 is 2.79. The van der Waals surface area contributed by atoms with Gasteiger partial charge < -0.3 is 0 Å². The van der Waals surface area contributed by atoms with Crippen LogP contribution in [0, 0.1) is 0 Å². The predicted octanol–water partition coefficient (Wildman–Crippen LogP) is 2.96. The van der Waals surface area contributed by atoms with Gasteiger partial charge in [-0.25, -0.2) is 4.79 Å². The Morgan fingerprint density at radius 1 is 1.00 bits per heavy atom. The Balaban J connectivity index is 2.29. The smallest absolute Gasteiger partial charge is 0.296 e. The number of aryl methyl sites for hydroxylation is 1. The maximum absolute atomic E-state index is 12.7. The molecule has 2 aromatic carbocycles. The van der Waals surface area contributed by atoms with Gasteiger partial charge in [-0.2, -0.15) is 0 Å². The molecule has 5 heteroatoms. The third-order valence-electron chi connectivity index (χ3n) is 3.95. The maximum atomic E-state index is 12.7. The van der Waals surface area contributed by atoms with E-state index in [1.54, 1.807) is 37.4 Å². The third kappa shape index (κ3) is 2.25.